The Morgan fingerprint density at radius 2 is 2.18 bits per heavy atom. The number of aromatic nitrogens is 2. The highest BCUT2D eigenvalue weighted by atomic mass is 16.2. The van der Waals surface area contributed by atoms with Gasteiger partial charge in [0, 0.05) is 13.6 Å². The number of nitrogens with one attached hydrogen (secondary N) is 2. The Kier molecular flexibility index (Phi) is 4.50. The number of rotatable bonds is 5. The van der Waals surface area contributed by atoms with Crippen LogP contribution in [0.25, 0.3) is 0 Å². The first-order valence-electron chi connectivity index (χ1n) is 5.38. The number of hydrogen-bond donors (Lipinski definition) is 3. The van der Waals surface area contributed by atoms with E-state index in [2.05, 4.69) is 15.7 Å². The van der Waals surface area contributed by atoms with Crippen LogP contribution in [0, 0.1) is 0 Å². The van der Waals surface area contributed by atoms with Crippen molar-refractivity contribution in [3.63, 3.8) is 0 Å². The molecule has 1 rings (SSSR count). The monoisotopic (exact) mass is 239 g/mol. The third kappa shape index (κ3) is 3.47. The number of carbonyl (C=O) groups is 2. The maximum absolute atomic E-state index is 11.7. The van der Waals surface area contributed by atoms with Gasteiger partial charge in [-0.3, -0.25) is 14.3 Å². The van der Waals surface area contributed by atoms with Crippen molar-refractivity contribution in [2.45, 2.75) is 13.3 Å². The van der Waals surface area contributed by atoms with Crippen LogP contribution in [0.5, 0.6) is 0 Å². The van der Waals surface area contributed by atoms with Crippen LogP contribution >= 0.6 is 0 Å². The lowest BCUT2D eigenvalue weighted by molar-refractivity contribution is -0.120. The third-order valence-corrected chi connectivity index (χ3v) is 2.16. The lowest BCUT2D eigenvalue weighted by Gasteiger charge is -2.06. The molecule has 0 saturated carbocycles. The number of carbonyl (C=O) groups excluding carboxylic acids is 2. The van der Waals surface area contributed by atoms with Gasteiger partial charge in [-0.1, -0.05) is 6.92 Å². The average molecular weight is 239 g/mol. The fourth-order valence-corrected chi connectivity index (χ4v) is 1.30. The Labute approximate surface area is 99.4 Å². The van der Waals surface area contributed by atoms with E-state index in [1.54, 1.807) is 7.05 Å². The van der Waals surface area contributed by atoms with Crippen molar-refractivity contribution < 1.29 is 9.59 Å². The molecule has 7 heteroatoms. The number of nitrogens with two attached hydrogens (primary N) is 1. The molecule has 0 radical (unpaired) electrons. The van der Waals surface area contributed by atoms with Gasteiger partial charge in [0.15, 0.2) is 0 Å². The predicted octanol–water partition coefficient (Wildman–Crippen LogP) is -0.742. The second-order valence-corrected chi connectivity index (χ2v) is 3.60. The summed E-state index contributed by atoms with van der Waals surface area (Å²) in [6, 6.07) is 0. The highest BCUT2D eigenvalue weighted by Gasteiger charge is 2.15. The van der Waals surface area contributed by atoms with Crippen molar-refractivity contribution in [2.75, 3.05) is 18.8 Å². The zero-order valence-corrected chi connectivity index (χ0v) is 9.99. The first kappa shape index (κ1) is 13.0. The Hall–Kier alpha value is -2.05. The summed E-state index contributed by atoms with van der Waals surface area (Å²) in [5.74, 6) is -0.630. The fourth-order valence-electron chi connectivity index (χ4n) is 1.30. The quantitative estimate of drug-likeness (QED) is 0.629. The predicted molar refractivity (Wildman–Crippen MR) is 63.3 cm³/mol. The Balaban J connectivity index is 2.48. The van der Waals surface area contributed by atoms with Gasteiger partial charge < -0.3 is 16.4 Å². The normalized spacial score (nSPS) is 10.0. The minimum absolute atomic E-state index is 0.0660. The van der Waals surface area contributed by atoms with E-state index >= 15 is 0 Å². The summed E-state index contributed by atoms with van der Waals surface area (Å²) < 4.78 is 1.37. The van der Waals surface area contributed by atoms with Crippen LogP contribution in [0.4, 0.5) is 5.69 Å². The molecule has 0 saturated heterocycles. The topological polar surface area (TPSA) is 102 Å². The summed E-state index contributed by atoms with van der Waals surface area (Å²) in [7, 11) is 1.61. The molecule has 1 aromatic rings. The molecule has 0 fully saturated rings. The molecule has 0 aliphatic carbocycles. The highest BCUT2D eigenvalue weighted by molar-refractivity contribution is 5.99. The molecule has 0 unspecified atom stereocenters. The molecular formula is C10H17N5O2. The summed E-state index contributed by atoms with van der Waals surface area (Å²) in [6.45, 7) is 2.49. The molecule has 1 aromatic heterocycles. The summed E-state index contributed by atoms with van der Waals surface area (Å²) >= 11 is 0. The van der Waals surface area contributed by atoms with E-state index in [4.69, 9.17) is 5.73 Å². The van der Waals surface area contributed by atoms with Crippen molar-refractivity contribution in [2.24, 2.45) is 7.05 Å². The van der Waals surface area contributed by atoms with Crippen molar-refractivity contribution in [3.8, 4) is 0 Å². The molecule has 0 aromatic carbocycles. The van der Waals surface area contributed by atoms with E-state index in [1.165, 1.54) is 10.9 Å². The molecule has 0 bridgehead atoms. The van der Waals surface area contributed by atoms with Gasteiger partial charge in [0.25, 0.3) is 5.91 Å². The van der Waals surface area contributed by atoms with Gasteiger partial charge in [0.05, 0.1) is 18.4 Å². The van der Waals surface area contributed by atoms with Gasteiger partial charge in [0.1, 0.15) is 5.69 Å². The number of anilines is 1. The molecule has 4 N–H and O–H groups in total. The molecule has 17 heavy (non-hydrogen) atoms. The van der Waals surface area contributed by atoms with Gasteiger partial charge in [-0.2, -0.15) is 5.10 Å². The van der Waals surface area contributed by atoms with Crippen molar-refractivity contribution >= 4 is 17.5 Å². The molecule has 1 heterocycles. The van der Waals surface area contributed by atoms with Gasteiger partial charge >= 0.3 is 0 Å². The van der Waals surface area contributed by atoms with Crippen molar-refractivity contribution in [1.29, 1.82) is 0 Å². The van der Waals surface area contributed by atoms with E-state index in [0.29, 0.717) is 12.2 Å². The SMILES string of the molecule is CCCNC(=O)CNC(=O)c1c(N)cnn1C. The highest BCUT2D eigenvalue weighted by Crippen LogP contribution is 2.08. The third-order valence-electron chi connectivity index (χ3n) is 2.16. The second kappa shape index (κ2) is 5.88. The smallest absolute Gasteiger partial charge is 0.272 e. The number of hydrogen-bond acceptors (Lipinski definition) is 4. The van der Waals surface area contributed by atoms with Crippen LogP contribution in [0.1, 0.15) is 23.8 Å². The zero-order chi connectivity index (χ0) is 12.8. The van der Waals surface area contributed by atoms with Crippen LogP contribution in [0.15, 0.2) is 6.20 Å². The minimum atomic E-state index is -0.408. The van der Waals surface area contributed by atoms with Gasteiger partial charge in [-0.25, -0.2) is 0 Å². The summed E-state index contributed by atoms with van der Waals surface area (Å²) in [5, 5.41) is 8.98. The molecule has 0 aliphatic heterocycles. The second-order valence-electron chi connectivity index (χ2n) is 3.60. The van der Waals surface area contributed by atoms with E-state index in [-0.39, 0.29) is 18.1 Å². The maximum atomic E-state index is 11.7. The van der Waals surface area contributed by atoms with Crippen molar-refractivity contribution in [1.82, 2.24) is 20.4 Å². The first-order chi connectivity index (χ1) is 8.06. The van der Waals surface area contributed by atoms with Crippen LogP contribution in [0.2, 0.25) is 0 Å². The first-order valence-corrected chi connectivity index (χ1v) is 5.38. The van der Waals surface area contributed by atoms with E-state index in [1.807, 2.05) is 6.92 Å². The Morgan fingerprint density at radius 1 is 1.47 bits per heavy atom. The van der Waals surface area contributed by atoms with Gasteiger partial charge in [0.2, 0.25) is 5.91 Å². The van der Waals surface area contributed by atoms with Crippen LogP contribution in [0.3, 0.4) is 0 Å². The van der Waals surface area contributed by atoms with E-state index in [9.17, 15) is 9.59 Å². The van der Waals surface area contributed by atoms with E-state index < -0.39 is 5.91 Å². The molecule has 7 nitrogen and oxygen atoms in total. The molecular weight excluding hydrogens is 222 g/mol. The zero-order valence-electron chi connectivity index (χ0n) is 9.99. The molecule has 2 amide bonds. The standard InChI is InChI=1S/C10H17N5O2/c1-3-4-12-8(16)6-13-10(17)9-7(11)5-14-15(9)2/h5H,3-4,6,11H2,1-2H3,(H,12,16)(H,13,17). The van der Waals surface area contributed by atoms with Crippen LogP contribution in [-0.2, 0) is 11.8 Å². The average Bonchev–Trinajstić information content (AvgIpc) is 2.63. The number of nitrogen functional groups attached to an aromatic ring is 1. The largest absolute Gasteiger partial charge is 0.396 e. The summed E-state index contributed by atoms with van der Waals surface area (Å²) in [5.41, 5.74) is 6.13. The minimum Gasteiger partial charge on any atom is -0.396 e. The Morgan fingerprint density at radius 3 is 2.71 bits per heavy atom. The lowest BCUT2D eigenvalue weighted by Crippen LogP contribution is -2.38. The van der Waals surface area contributed by atoms with Gasteiger partial charge in [-0.15, -0.1) is 0 Å². The summed E-state index contributed by atoms with van der Waals surface area (Å²) in [6.07, 6.45) is 2.25. The van der Waals surface area contributed by atoms with E-state index in [0.717, 1.165) is 6.42 Å². The summed E-state index contributed by atoms with van der Waals surface area (Å²) in [4.78, 5) is 23.0. The van der Waals surface area contributed by atoms with Crippen molar-refractivity contribution in [3.05, 3.63) is 11.9 Å². The fraction of sp³-hybridized carbons (Fsp3) is 0.500. The lowest BCUT2D eigenvalue weighted by atomic mass is 10.3. The molecule has 0 atom stereocenters. The molecule has 94 valence electrons. The van der Waals surface area contributed by atoms with Crippen LogP contribution < -0.4 is 16.4 Å². The van der Waals surface area contributed by atoms with Gasteiger partial charge in [-0.05, 0) is 6.42 Å². The number of amides is 2. The maximum Gasteiger partial charge on any atom is 0.272 e. The van der Waals surface area contributed by atoms with Crippen LogP contribution in [-0.4, -0.2) is 34.7 Å². The molecule has 0 aliphatic rings. The molecule has 0 spiro atoms. The number of aryl methyl sites for hydroxylation is 1. The Bertz CT molecular complexity index is 393. The number of nitrogens with zero attached hydrogens (tertiary/aromatic N) is 2.